The first kappa shape index (κ1) is 31.1. The Morgan fingerprint density at radius 3 is 2.07 bits per heavy atom. The maximum atomic E-state index is 13.9. The minimum absolute atomic E-state index is 0.0149. The molecule has 0 fully saturated rings. The van der Waals surface area contributed by atoms with E-state index < -0.39 is 44.9 Å². The van der Waals surface area contributed by atoms with Crippen molar-refractivity contribution < 1.29 is 27.7 Å². The minimum atomic E-state index is -4.27. The van der Waals surface area contributed by atoms with Crippen molar-refractivity contribution in [3.05, 3.63) is 94.5 Å². The van der Waals surface area contributed by atoms with E-state index >= 15 is 0 Å². The minimum Gasteiger partial charge on any atom is -0.497 e. The van der Waals surface area contributed by atoms with Gasteiger partial charge in [-0.15, -0.1) is 0 Å². The molecule has 1 atom stereocenters. The van der Waals surface area contributed by atoms with Crippen molar-refractivity contribution in [3.8, 4) is 5.75 Å². The van der Waals surface area contributed by atoms with Crippen LogP contribution < -0.4 is 14.4 Å². The summed E-state index contributed by atoms with van der Waals surface area (Å²) in [5.74, 6) is -0.439. The Hall–Kier alpha value is -4.45. The number of amides is 2. The SMILES string of the molecule is COc1ccc(CN(C(=O)CN(c2ccc([N+](=O)[O-])cc2)S(=O)(=O)c2ccccc2)[C@H](C)C(=O)NC(C)(C)C)cc1. The molecule has 0 aliphatic rings. The first-order chi connectivity index (χ1) is 19.2. The number of nitrogens with zero attached hydrogens (tertiary/aromatic N) is 3. The smallest absolute Gasteiger partial charge is 0.269 e. The Bertz CT molecular complexity index is 1470. The van der Waals surface area contributed by atoms with Gasteiger partial charge in [0.25, 0.3) is 15.7 Å². The van der Waals surface area contributed by atoms with E-state index in [1.807, 2.05) is 20.8 Å². The van der Waals surface area contributed by atoms with Gasteiger partial charge in [-0.25, -0.2) is 8.42 Å². The summed E-state index contributed by atoms with van der Waals surface area (Å²) < 4.78 is 33.6. The Balaban J connectivity index is 2.04. The van der Waals surface area contributed by atoms with Crippen molar-refractivity contribution in [1.29, 1.82) is 0 Å². The molecule has 11 nitrogen and oxygen atoms in total. The fourth-order valence-corrected chi connectivity index (χ4v) is 5.41. The zero-order valence-electron chi connectivity index (χ0n) is 23.6. The van der Waals surface area contributed by atoms with Crippen LogP contribution >= 0.6 is 0 Å². The molecule has 0 heterocycles. The zero-order valence-corrected chi connectivity index (χ0v) is 24.4. The molecule has 0 spiro atoms. The topological polar surface area (TPSA) is 139 Å². The molecular formula is C29H34N4O7S. The molecule has 1 N–H and O–H groups in total. The van der Waals surface area contributed by atoms with E-state index in [2.05, 4.69) is 5.32 Å². The van der Waals surface area contributed by atoms with Crippen molar-refractivity contribution in [3.63, 3.8) is 0 Å². The highest BCUT2D eigenvalue weighted by Crippen LogP contribution is 2.26. The number of sulfonamides is 1. The lowest BCUT2D eigenvalue weighted by Gasteiger charge is -2.33. The number of nitro groups is 1. The summed E-state index contributed by atoms with van der Waals surface area (Å²) in [4.78, 5) is 38.9. The van der Waals surface area contributed by atoms with E-state index in [9.17, 15) is 28.1 Å². The first-order valence-electron chi connectivity index (χ1n) is 12.8. The lowest BCUT2D eigenvalue weighted by molar-refractivity contribution is -0.384. The van der Waals surface area contributed by atoms with Crippen molar-refractivity contribution in [1.82, 2.24) is 10.2 Å². The number of carbonyl (C=O) groups excluding carboxylic acids is 2. The lowest BCUT2D eigenvalue weighted by atomic mass is 10.1. The van der Waals surface area contributed by atoms with E-state index in [1.165, 1.54) is 48.4 Å². The molecule has 0 saturated carbocycles. The van der Waals surface area contributed by atoms with Gasteiger partial charge in [0.1, 0.15) is 18.3 Å². The number of anilines is 1. The van der Waals surface area contributed by atoms with Crippen LogP contribution in [0.3, 0.4) is 0 Å². The van der Waals surface area contributed by atoms with Gasteiger partial charge in [0.2, 0.25) is 11.8 Å². The molecule has 3 aromatic rings. The molecule has 0 aliphatic carbocycles. The van der Waals surface area contributed by atoms with Crippen molar-refractivity contribution >= 4 is 33.2 Å². The summed E-state index contributed by atoms with van der Waals surface area (Å²) in [5, 5.41) is 14.1. The van der Waals surface area contributed by atoms with E-state index in [0.717, 1.165) is 4.31 Å². The van der Waals surface area contributed by atoms with E-state index in [0.29, 0.717) is 11.3 Å². The highest BCUT2D eigenvalue weighted by molar-refractivity contribution is 7.92. The number of ether oxygens (including phenoxy) is 1. The second-order valence-corrected chi connectivity index (χ2v) is 12.2. The third-order valence-electron chi connectivity index (χ3n) is 6.14. The normalized spacial score (nSPS) is 12.2. The molecular weight excluding hydrogens is 548 g/mol. The van der Waals surface area contributed by atoms with Crippen LogP contribution in [0.15, 0.2) is 83.8 Å². The number of non-ortho nitro benzene ring substituents is 1. The number of hydrogen-bond acceptors (Lipinski definition) is 7. The Morgan fingerprint density at radius 2 is 1.56 bits per heavy atom. The predicted molar refractivity (Wildman–Crippen MR) is 155 cm³/mol. The fraction of sp³-hybridized carbons (Fsp3) is 0.310. The average molecular weight is 583 g/mol. The van der Waals surface area contributed by atoms with Gasteiger partial charge < -0.3 is 15.0 Å². The summed E-state index contributed by atoms with van der Waals surface area (Å²) >= 11 is 0. The molecule has 0 saturated heterocycles. The van der Waals surface area contributed by atoms with E-state index in [-0.39, 0.29) is 22.8 Å². The molecule has 0 aliphatic heterocycles. The maximum Gasteiger partial charge on any atom is 0.269 e. The Kier molecular flexibility index (Phi) is 9.71. The second kappa shape index (κ2) is 12.8. The number of nitro benzene ring substituents is 1. The van der Waals surface area contributed by atoms with E-state index in [4.69, 9.17) is 4.74 Å². The number of methoxy groups -OCH3 is 1. The molecule has 0 aromatic heterocycles. The number of hydrogen-bond donors (Lipinski definition) is 1. The summed E-state index contributed by atoms with van der Waals surface area (Å²) in [6.07, 6.45) is 0. The number of rotatable bonds is 11. The van der Waals surface area contributed by atoms with Crippen LogP contribution in [0.5, 0.6) is 5.75 Å². The summed E-state index contributed by atoms with van der Waals surface area (Å²) in [6, 6.07) is 18.4. The van der Waals surface area contributed by atoms with Crippen LogP contribution in [0.4, 0.5) is 11.4 Å². The molecule has 218 valence electrons. The largest absolute Gasteiger partial charge is 0.497 e. The van der Waals surface area contributed by atoms with Crippen molar-refractivity contribution in [2.75, 3.05) is 18.0 Å². The van der Waals surface area contributed by atoms with Crippen LogP contribution in [0.1, 0.15) is 33.3 Å². The quantitative estimate of drug-likeness (QED) is 0.265. The molecule has 2 amide bonds. The number of carbonyl (C=O) groups is 2. The second-order valence-electron chi connectivity index (χ2n) is 10.4. The Labute approximate surface area is 239 Å². The van der Waals surface area contributed by atoms with Crippen LogP contribution in [0.25, 0.3) is 0 Å². The molecule has 41 heavy (non-hydrogen) atoms. The van der Waals surface area contributed by atoms with Crippen LogP contribution in [0.2, 0.25) is 0 Å². The molecule has 3 aromatic carbocycles. The van der Waals surface area contributed by atoms with Gasteiger partial charge in [-0.1, -0.05) is 30.3 Å². The van der Waals surface area contributed by atoms with Gasteiger partial charge in [-0.2, -0.15) is 0 Å². The van der Waals surface area contributed by atoms with Crippen molar-refractivity contribution in [2.45, 2.75) is 50.7 Å². The van der Waals surface area contributed by atoms with Gasteiger partial charge >= 0.3 is 0 Å². The fourth-order valence-electron chi connectivity index (χ4n) is 3.97. The number of benzene rings is 3. The molecule has 0 bridgehead atoms. The standard InChI is InChI=1S/C29H34N4O7S/c1-21(28(35)30-29(2,3)4)31(19-22-11-17-25(40-5)18-12-22)27(34)20-32(23-13-15-24(16-14-23)33(36)37)41(38,39)26-9-7-6-8-10-26/h6-18,21H,19-20H2,1-5H3,(H,30,35)/t21-/m1/s1. The molecule has 12 heteroatoms. The van der Waals surface area contributed by atoms with Gasteiger partial charge in [0.05, 0.1) is 22.6 Å². The lowest BCUT2D eigenvalue weighted by Crippen LogP contribution is -2.54. The highest BCUT2D eigenvalue weighted by Gasteiger charge is 2.33. The first-order valence-corrected chi connectivity index (χ1v) is 14.2. The monoisotopic (exact) mass is 582 g/mol. The molecule has 0 unspecified atom stereocenters. The van der Waals surface area contributed by atoms with E-state index in [1.54, 1.807) is 49.4 Å². The number of nitrogens with one attached hydrogen (secondary N) is 1. The van der Waals surface area contributed by atoms with Crippen LogP contribution in [-0.2, 0) is 26.2 Å². The summed E-state index contributed by atoms with van der Waals surface area (Å²) in [5.41, 5.74) is -0.0428. The molecule has 3 rings (SSSR count). The third-order valence-corrected chi connectivity index (χ3v) is 7.92. The van der Waals surface area contributed by atoms with Gasteiger partial charge in [0.15, 0.2) is 0 Å². The van der Waals surface area contributed by atoms with Crippen LogP contribution in [-0.4, -0.2) is 55.3 Å². The van der Waals surface area contributed by atoms with Crippen molar-refractivity contribution in [2.24, 2.45) is 0 Å². The highest BCUT2D eigenvalue weighted by atomic mass is 32.2. The zero-order chi connectivity index (χ0) is 30.4. The van der Waals surface area contributed by atoms with Crippen LogP contribution in [0, 0.1) is 10.1 Å². The maximum absolute atomic E-state index is 13.9. The van der Waals surface area contributed by atoms with Gasteiger partial charge in [-0.3, -0.25) is 24.0 Å². The Morgan fingerprint density at radius 1 is 0.976 bits per heavy atom. The molecule has 0 radical (unpaired) electrons. The summed E-state index contributed by atoms with van der Waals surface area (Å²) in [6.45, 7) is 6.38. The average Bonchev–Trinajstić information content (AvgIpc) is 2.94. The van der Waals surface area contributed by atoms with Gasteiger partial charge in [0, 0.05) is 24.2 Å². The van der Waals surface area contributed by atoms with Gasteiger partial charge in [-0.05, 0) is 69.7 Å². The predicted octanol–water partition coefficient (Wildman–Crippen LogP) is 4.13. The third kappa shape index (κ3) is 8.04. The summed E-state index contributed by atoms with van der Waals surface area (Å²) in [7, 11) is -2.74.